The van der Waals surface area contributed by atoms with E-state index in [1.54, 1.807) is 11.3 Å². The average Bonchev–Trinajstić information content (AvgIpc) is 3.42. The fraction of sp³-hybridized carbons (Fsp3) is 0. The molecule has 7 aromatic rings. The fourth-order valence-corrected chi connectivity index (χ4v) is 6.20. The molecule has 0 radical (unpaired) electrons. The number of hydrogen-bond donors (Lipinski definition) is 0. The number of rotatable bonds is 3. The van der Waals surface area contributed by atoms with Crippen LogP contribution in [0, 0.1) is 0 Å². The molecular weight excluding hydrogens is 458 g/mol. The van der Waals surface area contributed by atoms with E-state index in [2.05, 4.69) is 83.8 Å². The van der Waals surface area contributed by atoms with E-state index >= 15 is 0 Å². The molecule has 0 amide bonds. The first-order chi connectivity index (χ1) is 16.8. The van der Waals surface area contributed by atoms with Crippen LogP contribution in [0.2, 0.25) is 5.02 Å². The number of para-hydroxylation sites is 2. The molecule has 0 atom stereocenters. The smallest absolute Gasteiger partial charge is 0.135 e. The summed E-state index contributed by atoms with van der Waals surface area (Å²) in [5.74, 6) is 0. The SMILES string of the molecule is Clc1cc2sc3ccccc3c2cc1N(c1ccccc1)c1ccc2oc3ccccc3c2c1. The highest BCUT2D eigenvalue weighted by molar-refractivity contribution is 7.25. The molecule has 0 N–H and O–H groups in total. The van der Waals surface area contributed by atoms with E-state index in [4.69, 9.17) is 16.0 Å². The normalized spacial score (nSPS) is 11.7. The second-order valence-corrected chi connectivity index (χ2v) is 9.84. The van der Waals surface area contributed by atoms with Crippen molar-refractivity contribution in [2.24, 2.45) is 0 Å². The fourth-order valence-electron chi connectivity index (χ4n) is 4.76. The Bertz CT molecular complexity index is 1830. The van der Waals surface area contributed by atoms with Crippen molar-refractivity contribution < 1.29 is 4.42 Å². The molecule has 0 aliphatic heterocycles. The van der Waals surface area contributed by atoms with Crippen LogP contribution >= 0.6 is 22.9 Å². The molecule has 2 aromatic heterocycles. The molecule has 0 spiro atoms. The van der Waals surface area contributed by atoms with Gasteiger partial charge in [-0.3, -0.25) is 0 Å². The number of benzene rings is 5. The van der Waals surface area contributed by atoms with Crippen LogP contribution in [0.1, 0.15) is 0 Å². The van der Waals surface area contributed by atoms with Crippen LogP contribution in [0.3, 0.4) is 0 Å². The highest BCUT2D eigenvalue weighted by Gasteiger charge is 2.19. The van der Waals surface area contributed by atoms with E-state index in [0.29, 0.717) is 0 Å². The minimum atomic E-state index is 0.722. The summed E-state index contributed by atoms with van der Waals surface area (Å²) in [6, 6.07) is 37.7. The van der Waals surface area contributed by atoms with Gasteiger partial charge in [0.25, 0.3) is 0 Å². The second kappa shape index (κ2) is 7.63. The van der Waals surface area contributed by atoms with Gasteiger partial charge in [-0.05, 0) is 54.6 Å². The van der Waals surface area contributed by atoms with Crippen molar-refractivity contribution in [2.75, 3.05) is 4.90 Å². The third-order valence-corrected chi connectivity index (χ3v) is 7.76. The number of halogens is 1. The van der Waals surface area contributed by atoms with E-state index in [1.165, 1.54) is 20.2 Å². The molecule has 5 aromatic carbocycles. The first kappa shape index (κ1) is 19.7. The Balaban J connectivity index is 1.51. The Morgan fingerprint density at radius 1 is 0.559 bits per heavy atom. The maximum Gasteiger partial charge on any atom is 0.135 e. The van der Waals surface area contributed by atoms with Crippen molar-refractivity contribution in [1.82, 2.24) is 0 Å². The first-order valence-corrected chi connectivity index (χ1v) is 12.3. The zero-order valence-electron chi connectivity index (χ0n) is 18.0. The summed E-state index contributed by atoms with van der Waals surface area (Å²) < 4.78 is 8.54. The Morgan fingerprint density at radius 2 is 1.29 bits per heavy atom. The van der Waals surface area contributed by atoms with E-state index in [0.717, 1.165) is 44.0 Å². The van der Waals surface area contributed by atoms with Crippen LogP contribution in [0.25, 0.3) is 42.1 Å². The molecule has 34 heavy (non-hydrogen) atoms. The van der Waals surface area contributed by atoms with Gasteiger partial charge < -0.3 is 9.32 Å². The van der Waals surface area contributed by atoms with E-state index in [9.17, 15) is 0 Å². The van der Waals surface area contributed by atoms with E-state index in [-0.39, 0.29) is 0 Å². The topological polar surface area (TPSA) is 16.4 Å². The highest BCUT2D eigenvalue weighted by atomic mass is 35.5. The zero-order valence-corrected chi connectivity index (χ0v) is 19.6. The molecule has 7 rings (SSSR count). The highest BCUT2D eigenvalue weighted by Crippen LogP contribution is 2.45. The van der Waals surface area contributed by atoms with Gasteiger partial charge in [0.2, 0.25) is 0 Å². The van der Waals surface area contributed by atoms with E-state index < -0.39 is 0 Å². The molecule has 0 aliphatic rings. The summed E-state index contributed by atoms with van der Waals surface area (Å²) in [7, 11) is 0. The number of nitrogens with zero attached hydrogens (tertiary/aromatic N) is 1. The quantitative estimate of drug-likeness (QED) is 0.252. The molecular formula is C30H18ClNOS. The van der Waals surface area contributed by atoms with Crippen molar-refractivity contribution in [2.45, 2.75) is 0 Å². The summed E-state index contributed by atoms with van der Waals surface area (Å²) >= 11 is 8.74. The van der Waals surface area contributed by atoms with Crippen LogP contribution in [-0.2, 0) is 0 Å². The Kier molecular flexibility index (Phi) is 4.41. The van der Waals surface area contributed by atoms with Gasteiger partial charge in [-0.15, -0.1) is 11.3 Å². The lowest BCUT2D eigenvalue weighted by Crippen LogP contribution is -2.10. The maximum atomic E-state index is 6.96. The van der Waals surface area contributed by atoms with Gasteiger partial charge in [0, 0.05) is 42.3 Å². The molecule has 0 bridgehead atoms. The van der Waals surface area contributed by atoms with Crippen LogP contribution < -0.4 is 4.90 Å². The lowest BCUT2D eigenvalue weighted by molar-refractivity contribution is 0.669. The summed E-state index contributed by atoms with van der Waals surface area (Å²) in [4.78, 5) is 2.23. The van der Waals surface area contributed by atoms with Crippen LogP contribution in [0.15, 0.2) is 114 Å². The minimum Gasteiger partial charge on any atom is -0.456 e. The van der Waals surface area contributed by atoms with Crippen molar-refractivity contribution in [3.8, 4) is 0 Å². The largest absolute Gasteiger partial charge is 0.456 e. The third-order valence-electron chi connectivity index (χ3n) is 6.32. The molecule has 4 heteroatoms. The zero-order chi connectivity index (χ0) is 22.6. The number of hydrogen-bond acceptors (Lipinski definition) is 3. The number of thiophene rings is 1. The molecule has 0 aliphatic carbocycles. The van der Waals surface area contributed by atoms with E-state index in [1.807, 2.05) is 30.3 Å². The number of furan rings is 1. The second-order valence-electron chi connectivity index (χ2n) is 8.35. The predicted molar refractivity (Wildman–Crippen MR) is 146 cm³/mol. The molecule has 2 nitrogen and oxygen atoms in total. The minimum absolute atomic E-state index is 0.722. The van der Waals surface area contributed by atoms with Gasteiger partial charge in [0.15, 0.2) is 0 Å². The van der Waals surface area contributed by atoms with Gasteiger partial charge in [0.1, 0.15) is 11.2 Å². The Labute approximate surface area is 205 Å². The van der Waals surface area contributed by atoms with Crippen LogP contribution in [-0.4, -0.2) is 0 Å². The monoisotopic (exact) mass is 475 g/mol. The van der Waals surface area contributed by atoms with Gasteiger partial charge in [-0.2, -0.15) is 0 Å². The van der Waals surface area contributed by atoms with Crippen molar-refractivity contribution in [3.63, 3.8) is 0 Å². The molecule has 0 saturated carbocycles. The van der Waals surface area contributed by atoms with Gasteiger partial charge in [-0.25, -0.2) is 0 Å². The molecule has 0 unspecified atom stereocenters. The first-order valence-electron chi connectivity index (χ1n) is 11.1. The third kappa shape index (κ3) is 3.02. The molecule has 2 heterocycles. The molecule has 0 saturated heterocycles. The molecule has 162 valence electrons. The summed E-state index contributed by atoms with van der Waals surface area (Å²) in [5, 5.41) is 5.39. The lowest BCUT2D eigenvalue weighted by atomic mass is 10.1. The summed E-state index contributed by atoms with van der Waals surface area (Å²) in [6.07, 6.45) is 0. The number of fused-ring (bicyclic) bond motifs is 6. The van der Waals surface area contributed by atoms with Crippen molar-refractivity contribution in [1.29, 1.82) is 0 Å². The Morgan fingerprint density at radius 3 is 2.18 bits per heavy atom. The summed E-state index contributed by atoms with van der Waals surface area (Å²) in [5.41, 5.74) is 4.81. The standard InChI is InChI=1S/C30H18ClNOS/c31-25-18-30-24(22-11-5-7-13-29(22)34-30)17-26(25)32(19-8-2-1-3-9-19)20-14-15-28-23(16-20)21-10-4-6-12-27(21)33-28/h1-18H. The Hall–Kier alpha value is -3.79. The maximum absolute atomic E-state index is 6.96. The van der Waals surface area contributed by atoms with Crippen LogP contribution in [0.5, 0.6) is 0 Å². The summed E-state index contributed by atoms with van der Waals surface area (Å²) in [6.45, 7) is 0. The predicted octanol–water partition coefficient (Wildman–Crippen LogP) is 10.1. The lowest BCUT2D eigenvalue weighted by Gasteiger charge is -2.26. The average molecular weight is 476 g/mol. The molecule has 0 fully saturated rings. The van der Waals surface area contributed by atoms with Gasteiger partial charge in [0.05, 0.1) is 10.7 Å². The van der Waals surface area contributed by atoms with Crippen molar-refractivity contribution >= 4 is 82.1 Å². The number of anilines is 3. The van der Waals surface area contributed by atoms with Gasteiger partial charge >= 0.3 is 0 Å². The van der Waals surface area contributed by atoms with Crippen LogP contribution in [0.4, 0.5) is 17.1 Å². The van der Waals surface area contributed by atoms with Crippen molar-refractivity contribution in [3.05, 3.63) is 114 Å². The van der Waals surface area contributed by atoms with Gasteiger partial charge in [-0.1, -0.05) is 66.2 Å².